The summed E-state index contributed by atoms with van der Waals surface area (Å²) in [5, 5.41) is 10.1. The molecule has 0 unspecified atom stereocenters. The lowest BCUT2D eigenvalue weighted by molar-refractivity contribution is 0.233. The smallest absolute Gasteiger partial charge is 0.315 e. The summed E-state index contributed by atoms with van der Waals surface area (Å²) in [6.45, 7) is 4.58. The second kappa shape index (κ2) is 8.34. The molecular weight excluding hydrogens is 324 g/mol. The number of carbonyl (C=O) groups excluding carboxylic acids is 1. The summed E-state index contributed by atoms with van der Waals surface area (Å²) >= 11 is 0. The quantitative estimate of drug-likeness (QED) is 0.707. The summed E-state index contributed by atoms with van der Waals surface area (Å²) in [7, 11) is 0. The second-order valence-electron chi connectivity index (χ2n) is 6.46. The summed E-state index contributed by atoms with van der Waals surface area (Å²) in [5.41, 5.74) is 3.42. The van der Waals surface area contributed by atoms with E-state index in [1.54, 1.807) is 10.9 Å². The zero-order chi connectivity index (χ0) is 18.4. The first-order chi connectivity index (χ1) is 12.6. The maximum Gasteiger partial charge on any atom is 0.315 e. The molecule has 0 bridgehead atoms. The molecule has 5 nitrogen and oxygen atoms in total. The molecule has 2 atom stereocenters. The van der Waals surface area contributed by atoms with Crippen LogP contribution in [0.15, 0.2) is 73.1 Å². The van der Waals surface area contributed by atoms with Crippen molar-refractivity contribution in [1.82, 2.24) is 20.4 Å². The van der Waals surface area contributed by atoms with Crippen LogP contribution in [0.4, 0.5) is 4.79 Å². The van der Waals surface area contributed by atoms with Gasteiger partial charge in [0.2, 0.25) is 0 Å². The highest BCUT2D eigenvalue weighted by atomic mass is 16.2. The first kappa shape index (κ1) is 17.7. The molecule has 0 radical (unpaired) electrons. The van der Waals surface area contributed by atoms with E-state index in [-0.39, 0.29) is 18.1 Å². The largest absolute Gasteiger partial charge is 0.334 e. The Morgan fingerprint density at radius 3 is 2.31 bits per heavy atom. The van der Waals surface area contributed by atoms with Gasteiger partial charge in [-0.15, -0.1) is 0 Å². The van der Waals surface area contributed by atoms with Gasteiger partial charge in [0.15, 0.2) is 0 Å². The molecule has 5 heteroatoms. The van der Waals surface area contributed by atoms with E-state index >= 15 is 0 Å². The number of hydrogen-bond acceptors (Lipinski definition) is 2. The van der Waals surface area contributed by atoms with Crippen LogP contribution in [0.25, 0.3) is 11.1 Å². The third-order valence-corrected chi connectivity index (χ3v) is 4.26. The molecule has 0 aliphatic carbocycles. The van der Waals surface area contributed by atoms with Crippen molar-refractivity contribution >= 4 is 6.03 Å². The van der Waals surface area contributed by atoms with Crippen LogP contribution in [-0.2, 0) is 6.54 Å². The van der Waals surface area contributed by atoms with E-state index < -0.39 is 0 Å². The van der Waals surface area contributed by atoms with E-state index in [1.165, 1.54) is 11.1 Å². The predicted octanol–water partition coefficient (Wildman–Crippen LogP) is 4.00. The first-order valence-electron chi connectivity index (χ1n) is 8.81. The Morgan fingerprint density at radius 2 is 1.65 bits per heavy atom. The van der Waals surface area contributed by atoms with Gasteiger partial charge in [0, 0.05) is 18.4 Å². The van der Waals surface area contributed by atoms with Crippen molar-refractivity contribution < 1.29 is 4.79 Å². The average molecular weight is 348 g/mol. The molecule has 0 aliphatic rings. The molecule has 1 aromatic heterocycles. The Kier molecular flexibility index (Phi) is 5.69. The highest BCUT2D eigenvalue weighted by Crippen LogP contribution is 2.21. The van der Waals surface area contributed by atoms with Crippen molar-refractivity contribution in [2.24, 2.45) is 0 Å². The molecule has 2 aromatic carbocycles. The Hall–Kier alpha value is -3.08. The van der Waals surface area contributed by atoms with Crippen molar-refractivity contribution in [3.05, 3.63) is 78.6 Å². The predicted molar refractivity (Wildman–Crippen MR) is 104 cm³/mol. The van der Waals surface area contributed by atoms with Crippen molar-refractivity contribution in [2.45, 2.75) is 32.5 Å². The molecule has 2 N–H and O–H groups in total. The molecule has 0 aliphatic heterocycles. The topological polar surface area (TPSA) is 59.0 Å². The minimum Gasteiger partial charge on any atom is -0.334 e. The van der Waals surface area contributed by atoms with Gasteiger partial charge in [-0.2, -0.15) is 5.10 Å². The van der Waals surface area contributed by atoms with Gasteiger partial charge >= 0.3 is 6.03 Å². The molecule has 26 heavy (non-hydrogen) atoms. The van der Waals surface area contributed by atoms with E-state index in [1.807, 2.05) is 44.3 Å². The van der Waals surface area contributed by atoms with Crippen LogP contribution >= 0.6 is 0 Å². The number of nitrogens with one attached hydrogen (secondary N) is 2. The number of rotatable bonds is 6. The lowest BCUT2D eigenvalue weighted by Crippen LogP contribution is -2.43. The first-order valence-corrected chi connectivity index (χ1v) is 8.81. The number of hydrogen-bond donors (Lipinski definition) is 2. The molecule has 134 valence electrons. The number of urea groups is 1. The second-order valence-corrected chi connectivity index (χ2v) is 6.46. The van der Waals surface area contributed by atoms with E-state index in [0.29, 0.717) is 6.54 Å². The molecule has 0 spiro atoms. The molecule has 0 saturated heterocycles. The standard InChI is InChI=1S/C21H24N4O/c1-16(15-25-14-6-13-22-25)23-21(26)24-17(2)18-9-11-20(12-10-18)19-7-4-3-5-8-19/h3-14,16-17H,15H2,1-2H3,(H2,23,24,26)/t16-,17+/m1/s1. The molecule has 0 saturated carbocycles. The fourth-order valence-corrected chi connectivity index (χ4v) is 2.87. The Balaban J connectivity index is 1.54. The van der Waals surface area contributed by atoms with Crippen molar-refractivity contribution in [3.8, 4) is 11.1 Å². The molecule has 3 aromatic rings. The molecule has 2 amide bonds. The van der Waals surface area contributed by atoms with Crippen LogP contribution in [0.2, 0.25) is 0 Å². The maximum absolute atomic E-state index is 12.2. The summed E-state index contributed by atoms with van der Waals surface area (Å²) in [6, 6.07) is 20.1. The van der Waals surface area contributed by atoms with Gasteiger partial charge in [-0.3, -0.25) is 4.68 Å². The van der Waals surface area contributed by atoms with Gasteiger partial charge in [0.25, 0.3) is 0 Å². The summed E-state index contributed by atoms with van der Waals surface area (Å²) in [6.07, 6.45) is 3.61. The van der Waals surface area contributed by atoms with Gasteiger partial charge in [-0.1, -0.05) is 54.6 Å². The number of nitrogens with zero attached hydrogens (tertiary/aromatic N) is 2. The lowest BCUT2D eigenvalue weighted by Gasteiger charge is -2.19. The number of benzene rings is 2. The normalized spacial score (nSPS) is 13.0. The third kappa shape index (κ3) is 4.72. The van der Waals surface area contributed by atoms with Crippen molar-refractivity contribution in [1.29, 1.82) is 0 Å². The minimum absolute atomic E-state index is 0.0115. The minimum atomic E-state index is -0.177. The Bertz CT molecular complexity index is 813. The summed E-state index contributed by atoms with van der Waals surface area (Å²) in [4.78, 5) is 12.2. The van der Waals surface area contributed by atoms with Crippen LogP contribution < -0.4 is 10.6 Å². The monoisotopic (exact) mass is 348 g/mol. The molecular formula is C21H24N4O. The highest BCUT2D eigenvalue weighted by molar-refractivity contribution is 5.74. The lowest BCUT2D eigenvalue weighted by atomic mass is 10.0. The zero-order valence-corrected chi connectivity index (χ0v) is 15.1. The van der Waals surface area contributed by atoms with E-state index in [9.17, 15) is 4.79 Å². The fraction of sp³-hybridized carbons (Fsp3) is 0.238. The molecule has 3 rings (SSSR count). The van der Waals surface area contributed by atoms with Gasteiger partial charge in [0.05, 0.1) is 12.6 Å². The maximum atomic E-state index is 12.2. The van der Waals surface area contributed by atoms with E-state index in [0.717, 1.165) is 5.56 Å². The van der Waals surface area contributed by atoms with Crippen LogP contribution in [0.5, 0.6) is 0 Å². The summed E-state index contributed by atoms with van der Waals surface area (Å²) in [5.74, 6) is 0. The van der Waals surface area contributed by atoms with Gasteiger partial charge in [0.1, 0.15) is 0 Å². The number of carbonyl (C=O) groups is 1. The van der Waals surface area contributed by atoms with Gasteiger partial charge in [-0.25, -0.2) is 4.79 Å². The Labute approximate surface area is 154 Å². The average Bonchev–Trinajstić information content (AvgIpc) is 3.15. The Morgan fingerprint density at radius 1 is 0.962 bits per heavy atom. The SMILES string of the molecule is C[C@H](Cn1cccn1)NC(=O)N[C@@H](C)c1ccc(-c2ccccc2)cc1. The van der Waals surface area contributed by atoms with Crippen LogP contribution in [0, 0.1) is 0 Å². The van der Waals surface area contributed by atoms with Gasteiger partial charge < -0.3 is 10.6 Å². The van der Waals surface area contributed by atoms with Gasteiger partial charge in [-0.05, 0) is 36.6 Å². The van der Waals surface area contributed by atoms with Crippen molar-refractivity contribution in [3.63, 3.8) is 0 Å². The number of aromatic nitrogens is 2. The highest BCUT2D eigenvalue weighted by Gasteiger charge is 2.12. The van der Waals surface area contributed by atoms with Crippen molar-refractivity contribution in [2.75, 3.05) is 0 Å². The van der Waals surface area contributed by atoms with E-state index in [4.69, 9.17) is 0 Å². The van der Waals surface area contributed by atoms with Crippen LogP contribution in [-0.4, -0.2) is 21.9 Å². The van der Waals surface area contributed by atoms with E-state index in [2.05, 4.69) is 52.1 Å². The van der Waals surface area contributed by atoms with Crippen LogP contribution in [0.3, 0.4) is 0 Å². The molecule has 1 heterocycles. The summed E-state index contributed by atoms with van der Waals surface area (Å²) < 4.78 is 1.80. The number of amides is 2. The zero-order valence-electron chi connectivity index (χ0n) is 15.1. The third-order valence-electron chi connectivity index (χ3n) is 4.26. The van der Waals surface area contributed by atoms with Crippen LogP contribution in [0.1, 0.15) is 25.5 Å². The molecule has 0 fully saturated rings. The fourth-order valence-electron chi connectivity index (χ4n) is 2.87.